The molecule has 1 amide bonds. The molecule has 0 atom stereocenters. The number of hydrogen-bond donors (Lipinski definition) is 2. The van der Waals surface area contributed by atoms with Crippen LogP contribution in [0.4, 0.5) is 5.13 Å². The highest BCUT2D eigenvalue weighted by Crippen LogP contribution is 2.28. The molecule has 0 aliphatic rings. The third-order valence-electron chi connectivity index (χ3n) is 3.59. The fourth-order valence-corrected chi connectivity index (χ4v) is 2.95. The van der Waals surface area contributed by atoms with Gasteiger partial charge in [-0.05, 0) is 38.1 Å². The molecule has 0 aliphatic heterocycles. The van der Waals surface area contributed by atoms with Crippen molar-refractivity contribution in [2.45, 2.75) is 19.4 Å². The SMILES string of the molecule is COc1cccc(-c2ccc(C(=O)NC(C)(C)c3nnc(N)s3)o2)c1. The Bertz CT molecular complexity index is 901. The predicted octanol–water partition coefficient (Wildman–Crippen LogP) is 3.05. The zero-order valence-electron chi connectivity index (χ0n) is 14.1. The number of aromatic nitrogens is 2. The lowest BCUT2D eigenvalue weighted by Gasteiger charge is -2.22. The van der Waals surface area contributed by atoms with Gasteiger partial charge in [0.2, 0.25) is 5.13 Å². The Balaban J connectivity index is 1.78. The standard InChI is InChI=1S/C17H18N4O3S/c1-17(2,15-20-21-16(18)25-15)19-14(22)13-8-7-12(24-13)10-5-4-6-11(9-10)23-3/h4-9H,1-3H3,(H2,18,21)(H,19,22). The summed E-state index contributed by atoms with van der Waals surface area (Å²) in [5.41, 5.74) is 5.73. The van der Waals surface area contributed by atoms with Crippen LogP contribution in [0.3, 0.4) is 0 Å². The highest BCUT2D eigenvalue weighted by molar-refractivity contribution is 7.15. The third kappa shape index (κ3) is 3.63. The maximum atomic E-state index is 12.5. The number of amides is 1. The molecule has 2 aromatic heterocycles. The van der Waals surface area contributed by atoms with E-state index in [-0.39, 0.29) is 11.7 Å². The maximum Gasteiger partial charge on any atom is 0.287 e. The zero-order valence-corrected chi connectivity index (χ0v) is 14.9. The van der Waals surface area contributed by atoms with Crippen molar-refractivity contribution in [3.05, 3.63) is 47.2 Å². The monoisotopic (exact) mass is 358 g/mol. The van der Waals surface area contributed by atoms with E-state index in [4.69, 9.17) is 14.9 Å². The molecular weight excluding hydrogens is 340 g/mol. The van der Waals surface area contributed by atoms with Crippen LogP contribution >= 0.6 is 11.3 Å². The molecule has 0 saturated carbocycles. The van der Waals surface area contributed by atoms with Crippen molar-refractivity contribution in [3.8, 4) is 17.1 Å². The van der Waals surface area contributed by atoms with Crippen LogP contribution in [-0.2, 0) is 5.54 Å². The number of nitrogens with one attached hydrogen (secondary N) is 1. The van der Waals surface area contributed by atoms with Gasteiger partial charge in [0, 0.05) is 5.56 Å². The van der Waals surface area contributed by atoms with Gasteiger partial charge in [0.15, 0.2) is 5.76 Å². The van der Waals surface area contributed by atoms with Gasteiger partial charge in [-0.2, -0.15) is 0 Å². The van der Waals surface area contributed by atoms with E-state index in [0.29, 0.717) is 15.9 Å². The zero-order chi connectivity index (χ0) is 18.0. The highest BCUT2D eigenvalue weighted by atomic mass is 32.1. The third-order valence-corrected chi connectivity index (χ3v) is 4.66. The average Bonchev–Trinajstić information content (AvgIpc) is 3.24. The molecule has 0 aliphatic carbocycles. The van der Waals surface area contributed by atoms with Crippen molar-refractivity contribution < 1.29 is 13.9 Å². The van der Waals surface area contributed by atoms with Gasteiger partial charge in [-0.1, -0.05) is 23.5 Å². The van der Waals surface area contributed by atoms with Gasteiger partial charge in [-0.3, -0.25) is 4.79 Å². The molecule has 0 spiro atoms. The van der Waals surface area contributed by atoms with Crippen LogP contribution in [0.1, 0.15) is 29.4 Å². The number of carbonyl (C=O) groups excluding carboxylic acids is 1. The van der Waals surface area contributed by atoms with Crippen LogP contribution in [0.5, 0.6) is 5.75 Å². The largest absolute Gasteiger partial charge is 0.497 e. The molecule has 0 bridgehead atoms. The fourth-order valence-electron chi connectivity index (χ4n) is 2.28. The first-order chi connectivity index (χ1) is 11.9. The van der Waals surface area contributed by atoms with Crippen molar-refractivity contribution >= 4 is 22.4 Å². The highest BCUT2D eigenvalue weighted by Gasteiger charge is 2.28. The number of furan rings is 1. The number of benzene rings is 1. The summed E-state index contributed by atoms with van der Waals surface area (Å²) in [5.74, 6) is 1.17. The molecule has 2 heterocycles. The molecule has 0 saturated heterocycles. The lowest BCUT2D eigenvalue weighted by Crippen LogP contribution is -2.40. The van der Waals surface area contributed by atoms with Gasteiger partial charge in [0.25, 0.3) is 5.91 Å². The molecule has 3 aromatic rings. The lowest BCUT2D eigenvalue weighted by molar-refractivity contribution is 0.0884. The Kier molecular flexibility index (Phi) is 4.45. The van der Waals surface area contributed by atoms with E-state index in [1.807, 2.05) is 38.1 Å². The Morgan fingerprint density at radius 2 is 2.08 bits per heavy atom. The van der Waals surface area contributed by atoms with Crippen LogP contribution in [0.15, 0.2) is 40.8 Å². The second kappa shape index (κ2) is 6.56. The summed E-state index contributed by atoms with van der Waals surface area (Å²) in [5, 5.41) is 11.6. The van der Waals surface area contributed by atoms with Gasteiger partial charge >= 0.3 is 0 Å². The fraction of sp³-hybridized carbons (Fsp3) is 0.235. The van der Waals surface area contributed by atoms with Gasteiger partial charge in [0.05, 0.1) is 12.6 Å². The first-order valence-electron chi connectivity index (χ1n) is 7.55. The summed E-state index contributed by atoms with van der Waals surface area (Å²) >= 11 is 1.23. The van der Waals surface area contributed by atoms with Crippen LogP contribution < -0.4 is 15.8 Å². The van der Waals surface area contributed by atoms with Crippen molar-refractivity contribution in [2.24, 2.45) is 0 Å². The Morgan fingerprint density at radius 1 is 1.28 bits per heavy atom. The molecular formula is C17H18N4O3S. The van der Waals surface area contributed by atoms with E-state index in [9.17, 15) is 4.79 Å². The predicted molar refractivity (Wildman–Crippen MR) is 95.5 cm³/mol. The summed E-state index contributed by atoms with van der Waals surface area (Å²) in [7, 11) is 1.60. The summed E-state index contributed by atoms with van der Waals surface area (Å²) in [6.07, 6.45) is 0. The Morgan fingerprint density at radius 3 is 2.76 bits per heavy atom. The van der Waals surface area contributed by atoms with Crippen molar-refractivity contribution in [1.82, 2.24) is 15.5 Å². The van der Waals surface area contributed by atoms with Crippen LogP contribution in [0.25, 0.3) is 11.3 Å². The normalized spacial score (nSPS) is 11.3. The van der Waals surface area contributed by atoms with E-state index in [0.717, 1.165) is 11.3 Å². The lowest BCUT2D eigenvalue weighted by atomic mass is 10.1. The summed E-state index contributed by atoms with van der Waals surface area (Å²) in [6.45, 7) is 3.66. The molecule has 130 valence electrons. The second-order valence-corrected chi connectivity index (χ2v) is 6.93. The first-order valence-corrected chi connectivity index (χ1v) is 8.37. The van der Waals surface area contributed by atoms with Gasteiger partial charge in [0.1, 0.15) is 16.5 Å². The van der Waals surface area contributed by atoms with Gasteiger partial charge in [-0.15, -0.1) is 10.2 Å². The number of ether oxygens (including phenoxy) is 1. The molecule has 3 rings (SSSR count). The van der Waals surface area contributed by atoms with E-state index in [1.54, 1.807) is 19.2 Å². The summed E-state index contributed by atoms with van der Waals surface area (Å²) < 4.78 is 10.9. The van der Waals surface area contributed by atoms with Crippen LogP contribution in [0, 0.1) is 0 Å². The van der Waals surface area contributed by atoms with Crippen molar-refractivity contribution in [3.63, 3.8) is 0 Å². The second-order valence-electron chi connectivity index (χ2n) is 5.92. The molecule has 0 fully saturated rings. The number of nitrogens with zero attached hydrogens (tertiary/aromatic N) is 2. The molecule has 1 aromatic carbocycles. The van der Waals surface area contributed by atoms with Crippen LogP contribution in [0.2, 0.25) is 0 Å². The number of anilines is 1. The van der Waals surface area contributed by atoms with E-state index < -0.39 is 5.54 Å². The maximum absolute atomic E-state index is 12.5. The minimum absolute atomic E-state index is 0.211. The first kappa shape index (κ1) is 17.0. The quantitative estimate of drug-likeness (QED) is 0.726. The topological polar surface area (TPSA) is 103 Å². The minimum Gasteiger partial charge on any atom is -0.497 e. The Hall–Kier alpha value is -2.87. The molecule has 25 heavy (non-hydrogen) atoms. The van der Waals surface area contributed by atoms with Crippen LogP contribution in [-0.4, -0.2) is 23.2 Å². The molecule has 0 unspecified atom stereocenters. The summed E-state index contributed by atoms with van der Waals surface area (Å²) in [6, 6.07) is 10.8. The van der Waals surface area contributed by atoms with Crippen molar-refractivity contribution in [2.75, 3.05) is 12.8 Å². The number of rotatable bonds is 5. The minimum atomic E-state index is -0.713. The average molecular weight is 358 g/mol. The molecule has 3 N–H and O–H groups in total. The van der Waals surface area contributed by atoms with E-state index >= 15 is 0 Å². The van der Waals surface area contributed by atoms with E-state index in [2.05, 4.69) is 15.5 Å². The van der Waals surface area contributed by atoms with Gasteiger partial charge in [-0.25, -0.2) is 0 Å². The molecule has 8 heteroatoms. The van der Waals surface area contributed by atoms with Gasteiger partial charge < -0.3 is 20.2 Å². The summed E-state index contributed by atoms with van der Waals surface area (Å²) in [4.78, 5) is 12.5. The number of nitrogens with two attached hydrogens (primary N) is 1. The molecule has 7 nitrogen and oxygen atoms in total. The number of nitrogen functional groups attached to an aromatic ring is 1. The number of carbonyl (C=O) groups is 1. The molecule has 0 radical (unpaired) electrons. The van der Waals surface area contributed by atoms with E-state index in [1.165, 1.54) is 11.3 Å². The Labute approximate surface area is 148 Å². The van der Waals surface area contributed by atoms with Crippen molar-refractivity contribution in [1.29, 1.82) is 0 Å². The number of methoxy groups -OCH3 is 1. The number of hydrogen-bond acceptors (Lipinski definition) is 7. The smallest absolute Gasteiger partial charge is 0.287 e.